The third-order valence-corrected chi connectivity index (χ3v) is 4.02. The Morgan fingerprint density at radius 2 is 2.20 bits per heavy atom. The Bertz CT molecular complexity index is 448. The smallest absolute Gasteiger partial charge is 0.258 e. The van der Waals surface area contributed by atoms with Gasteiger partial charge in [0.05, 0.1) is 0 Å². The number of nitrogens with one attached hydrogen (secondary N) is 1. The average Bonchev–Trinajstić information content (AvgIpc) is 2.92. The van der Waals surface area contributed by atoms with Gasteiger partial charge in [-0.15, -0.1) is 0 Å². The van der Waals surface area contributed by atoms with Crippen LogP contribution in [-0.2, 0) is 11.2 Å². The molecule has 4 heteroatoms. The van der Waals surface area contributed by atoms with Crippen molar-refractivity contribution in [2.75, 3.05) is 13.2 Å². The molecule has 2 rings (SSSR count). The van der Waals surface area contributed by atoms with E-state index in [-0.39, 0.29) is 18.6 Å². The molecule has 0 radical (unpaired) electrons. The maximum absolute atomic E-state index is 12.0. The number of hydrogen-bond donors (Lipinski definition) is 2. The predicted molar refractivity (Wildman–Crippen MR) is 79.6 cm³/mol. The molecule has 1 aliphatic rings. The summed E-state index contributed by atoms with van der Waals surface area (Å²) in [5.41, 5.74) is 6.85. The van der Waals surface area contributed by atoms with E-state index in [0.717, 1.165) is 37.0 Å². The second-order valence-corrected chi connectivity index (χ2v) is 5.35. The molecule has 2 atom stereocenters. The Morgan fingerprint density at radius 3 is 2.95 bits per heavy atom. The molecule has 1 aromatic rings. The SMILES string of the molecule is CCc1ccccc1OCC(=O)NC1CCCC1CN. The normalized spacial score (nSPS) is 21.7. The first kappa shape index (κ1) is 14.9. The van der Waals surface area contributed by atoms with E-state index in [9.17, 15) is 4.79 Å². The van der Waals surface area contributed by atoms with Gasteiger partial charge in [-0.1, -0.05) is 31.5 Å². The molecule has 20 heavy (non-hydrogen) atoms. The number of hydrogen-bond acceptors (Lipinski definition) is 3. The third kappa shape index (κ3) is 3.73. The van der Waals surface area contributed by atoms with Gasteiger partial charge in [0, 0.05) is 6.04 Å². The van der Waals surface area contributed by atoms with Crippen LogP contribution in [0.25, 0.3) is 0 Å². The van der Waals surface area contributed by atoms with Gasteiger partial charge in [-0.25, -0.2) is 0 Å². The Balaban J connectivity index is 1.83. The maximum atomic E-state index is 12.0. The summed E-state index contributed by atoms with van der Waals surface area (Å²) >= 11 is 0. The van der Waals surface area contributed by atoms with Gasteiger partial charge in [0.1, 0.15) is 5.75 Å². The Hall–Kier alpha value is -1.55. The minimum Gasteiger partial charge on any atom is -0.483 e. The number of amides is 1. The second-order valence-electron chi connectivity index (χ2n) is 5.35. The van der Waals surface area contributed by atoms with Crippen molar-refractivity contribution in [2.45, 2.75) is 38.6 Å². The molecular weight excluding hydrogens is 252 g/mol. The van der Waals surface area contributed by atoms with Gasteiger partial charge in [0.25, 0.3) is 5.91 Å². The highest BCUT2D eigenvalue weighted by Gasteiger charge is 2.27. The fraction of sp³-hybridized carbons (Fsp3) is 0.562. The fourth-order valence-corrected chi connectivity index (χ4v) is 2.84. The maximum Gasteiger partial charge on any atom is 0.258 e. The zero-order chi connectivity index (χ0) is 14.4. The van der Waals surface area contributed by atoms with Crippen LogP contribution in [0.4, 0.5) is 0 Å². The number of carbonyl (C=O) groups excluding carboxylic acids is 1. The number of benzene rings is 1. The molecule has 2 unspecified atom stereocenters. The minimum atomic E-state index is -0.0544. The van der Waals surface area contributed by atoms with E-state index < -0.39 is 0 Å². The predicted octanol–water partition coefficient (Wildman–Crippen LogP) is 1.87. The van der Waals surface area contributed by atoms with Crippen molar-refractivity contribution in [2.24, 2.45) is 11.7 Å². The van der Waals surface area contributed by atoms with Crippen LogP contribution in [0.3, 0.4) is 0 Å². The van der Waals surface area contributed by atoms with Crippen LogP contribution in [0, 0.1) is 5.92 Å². The van der Waals surface area contributed by atoms with Crippen molar-refractivity contribution in [3.63, 3.8) is 0 Å². The fourth-order valence-electron chi connectivity index (χ4n) is 2.84. The van der Waals surface area contributed by atoms with Gasteiger partial charge in [-0.2, -0.15) is 0 Å². The summed E-state index contributed by atoms with van der Waals surface area (Å²) in [5.74, 6) is 1.16. The van der Waals surface area contributed by atoms with E-state index in [4.69, 9.17) is 10.5 Å². The van der Waals surface area contributed by atoms with Crippen LogP contribution in [-0.4, -0.2) is 25.1 Å². The zero-order valence-electron chi connectivity index (χ0n) is 12.1. The van der Waals surface area contributed by atoms with Gasteiger partial charge in [-0.3, -0.25) is 4.79 Å². The van der Waals surface area contributed by atoms with Crippen LogP contribution in [0.2, 0.25) is 0 Å². The number of ether oxygens (including phenoxy) is 1. The van der Waals surface area contributed by atoms with Crippen molar-refractivity contribution in [1.82, 2.24) is 5.32 Å². The molecule has 1 aromatic carbocycles. The monoisotopic (exact) mass is 276 g/mol. The molecule has 1 aliphatic carbocycles. The summed E-state index contributed by atoms with van der Waals surface area (Å²) in [5, 5.41) is 3.04. The summed E-state index contributed by atoms with van der Waals surface area (Å²) < 4.78 is 5.63. The summed E-state index contributed by atoms with van der Waals surface area (Å²) in [4.78, 5) is 12.0. The Kier molecular flexibility index (Phi) is 5.41. The van der Waals surface area contributed by atoms with Gasteiger partial charge in [0.2, 0.25) is 0 Å². The molecule has 1 saturated carbocycles. The van der Waals surface area contributed by atoms with Crippen molar-refractivity contribution < 1.29 is 9.53 Å². The highest BCUT2D eigenvalue weighted by molar-refractivity contribution is 5.78. The molecule has 0 bridgehead atoms. The van der Waals surface area contributed by atoms with Crippen LogP contribution >= 0.6 is 0 Å². The topological polar surface area (TPSA) is 64.3 Å². The number of nitrogens with two attached hydrogens (primary N) is 1. The lowest BCUT2D eigenvalue weighted by Gasteiger charge is -2.19. The van der Waals surface area contributed by atoms with Gasteiger partial charge >= 0.3 is 0 Å². The van der Waals surface area contributed by atoms with E-state index in [1.165, 1.54) is 0 Å². The lowest BCUT2D eigenvalue weighted by Crippen LogP contribution is -2.42. The molecule has 4 nitrogen and oxygen atoms in total. The van der Waals surface area contributed by atoms with E-state index in [0.29, 0.717) is 12.5 Å². The van der Waals surface area contributed by atoms with Gasteiger partial charge in [-0.05, 0) is 43.4 Å². The molecule has 0 spiro atoms. The molecule has 3 N–H and O–H groups in total. The number of aryl methyl sites for hydroxylation is 1. The largest absolute Gasteiger partial charge is 0.483 e. The van der Waals surface area contributed by atoms with Crippen LogP contribution in [0.15, 0.2) is 24.3 Å². The first-order valence-electron chi connectivity index (χ1n) is 7.44. The van der Waals surface area contributed by atoms with Crippen LogP contribution in [0.1, 0.15) is 31.7 Å². The molecular formula is C16H24N2O2. The molecule has 0 heterocycles. The van der Waals surface area contributed by atoms with Crippen molar-refractivity contribution >= 4 is 5.91 Å². The van der Waals surface area contributed by atoms with Gasteiger partial charge in [0.15, 0.2) is 6.61 Å². The van der Waals surface area contributed by atoms with Gasteiger partial charge < -0.3 is 15.8 Å². The average molecular weight is 276 g/mol. The van der Waals surface area contributed by atoms with E-state index in [1.807, 2.05) is 24.3 Å². The molecule has 0 aromatic heterocycles. The van der Waals surface area contributed by atoms with E-state index >= 15 is 0 Å². The first-order valence-corrected chi connectivity index (χ1v) is 7.44. The minimum absolute atomic E-state index is 0.0544. The number of carbonyl (C=O) groups is 1. The summed E-state index contributed by atoms with van der Waals surface area (Å²) in [6.07, 6.45) is 4.18. The van der Waals surface area contributed by atoms with E-state index in [1.54, 1.807) is 0 Å². The van der Waals surface area contributed by atoms with Crippen molar-refractivity contribution in [3.05, 3.63) is 29.8 Å². The lowest BCUT2D eigenvalue weighted by molar-refractivity contribution is -0.124. The molecule has 0 aliphatic heterocycles. The van der Waals surface area contributed by atoms with Crippen molar-refractivity contribution in [3.8, 4) is 5.75 Å². The molecule has 1 amide bonds. The number of rotatable bonds is 6. The zero-order valence-corrected chi connectivity index (χ0v) is 12.1. The Morgan fingerprint density at radius 1 is 1.40 bits per heavy atom. The van der Waals surface area contributed by atoms with Crippen LogP contribution < -0.4 is 15.8 Å². The second kappa shape index (κ2) is 7.29. The summed E-state index contributed by atoms with van der Waals surface area (Å²) in [7, 11) is 0. The summed E-state index contributed by atoms with van der Waals surface area (Å²) in [6, 6.07) is 8.06. The molecule has 1 fully saturated rings. The highest BCUT2D eigenvalue weighted by Crippen LogP contribution is 2.24. The van der Waals surface area contributed by atoms with E-state index in [2.05, 4.69) is 12.2 Å². The third-order valence-electron chi connectivity index (χ3n) is 4.02. The highest BCUT2D eigenvalue weighted by atomic mass is 16.5. The lowest BCUT2D eigenvalue weighted by atomic mass is 10.0. The quantitative estimate of drug-likeness (QED) is 0.833. The molecule has 0 saturated heterocycles. The standard InChI is InChI=1S/C16H24N2O2/c1-2-12-6-3-4-9-15(12)20-11-16(19)18-14-8-5-7-13(14)10-17/h3-4,6,9,13-14H,2,5,7-8,10-11,17H2,1H3,(H,18,19). The summed E-state index contributed by atoms with van der Waals surface area (Å²) in [6.45, 7) is 2.79. The molecule has 110 valence electrons. The number of para-hydroxylation sites is 1. The first-order chi connectivity index (χ1) is 9.74. The van der Waals surface area contributed by atoms with Crippen molar-refractivity contribution in [1.29, 1.82) is 0 Å². The Labute approximate surface area is 120 Å². The van der Waals surface area contributed by atoms with Crippen LogP contribution in [0.5, 0.6) is 5.75 Å².